The molecule has 128 valence electrons. The largest absolute Gasteiger partial charge is 0.460 e. The van der Waals surface area contributed by atoms with Gasteiger partial charge in [-0.1, -0.05) is 29.8 Å². The maximum Gasteiger partial charge on any atom is 0.316 e. The van der Waals surface area contributed by atoms with Gasteiger partial charge in [-0.2, -0.15) is 0 Å². The van der Waals surface area contributed by atoms with Crippen molar-refractivity contribution in [1.82, 2.24) is 14.7 Å². The topological polar surface area (TPSA) is 81.2 Å². The second-order valence-electron chi connectivity index (χ2n) is 5.71. The molecule has 1 aliphatic carbocycles. The minimum Gasteiger partial charge on any atom is -0.460 e. The van der Waals surface area contributed by atoms with Crippen LogP contribution in [0.5, 0.6) is 6.01 Å². The fourth-order valence-corrected chi connectivity index (χ4v) is 4.12. The van der Waals surface area contributed by atoms with E-state index in [4.69, 9.17) is 16.3 Å². The Labute approximate surface area is 146 Å². The van der Waals surface area contributed by atoms with E-state index in [1.165, 1.54) is 12.4 Å². The third-order valence-corrected chi connectivity index (χ3v) is 5.65. The molecule has 2 aromatic rings. The number of hydrogen-bond acceptors (Lipinski definition) is 5. The molecule has 0 atom stereocenters. The molecule has 1 saturated carbocycles. The molecule has 1 aromatic heterocycles. The summed E-state index contributed by atoms with van der Waals surface area (Å²) in [5.41, 5.74) is 0. The molecule has 0 spiro atoms. The summed E-state index contributed by atoms with van der Waals surface area (Å²) in [5, 5.41) is 0.460. The van der Waals surface area contributed by atoms with Crippen molar-refractivity contribution >= 4 is 21.6 Å². The Morgan fingerprint density at radius 1 is 1.04 bits per heavy atom. The number of aromatic nitrogens is 2. The number of sulfonamides is 1. The highest BCUT2D eigenvalue weighted by Crippen LogP contribution is 2.23. The highest BCUT2D eigenvalue weighted by molar-refractivity contribution is 7.89. The van der Waals surface area contributed by atoms with E-state index in [9.17, 15) is 8.42 Å². The number of hydrogen-bond donors (Lipinski definition) is 1. The van der Waals surface area contributed by atoms with E-state index in [1.54, 1.807) is 30.3 Å². The van der Waals surface area contributed by atoms with Crippen LogP contribution in [0.1, 0.15) is 25.7 Å². The molecule has 0 amide bonds. The predicted octanol–water partition coefficient (Wildman–Crippen LogP) is 2.80. The van der Waals surface area contributed by atoms with Crippen LogP contribution in [-0.4, -0.2) is 30.5 Å². The standard InChI is InChI=1S/C16H18ClN3O3S/c17-12-10-18-16(19-11-12)23-14-8-6-13(7-9-14)20-24(21,22)15-4-2-1-3-5-15/h1-5,10-11,13-14,20H,6-9H2. The monoisotopic (exact) mass is 367 g/mol. The smallest absolute Gasteiger partial charge is 0.316 e. The Balaban J connectivity index is 1.53. The first-order valence-corrected chi connectivity index (χ1v) is 9.60. The van der Waals surface area contributed by atoms with Crippen molar-refractivity contribution in [1.29, 1.82) is 0 Å². The van der Waals surface area contributed by atoms with E-state index in [1.807, 2.05) is 0 Å². The van der Waals surface area contributed by atoms with Crippen LogP contribution in [0.3, 0.4) is 0 Å². The van der Waals surface area contributed by atoms with Gasteiger partial charge >= 0.3 is 6.01 Å². The maximum atomic E-state index is 12.3. The third-order valence-electron chi connectivity index (χ3n) is 3.92. The first kappa shape index (κ1) is 17.1. The average molecular weight is 368 g/mol. The third kappa shape index (κ3) is 4.43. The van der Waals surface area contributed by atoms with E-state index in [-0.39, 0.29) is 17.0 Å². The van der Waals surface area contributed by atoms with Crippen LogP contribution in [0.4, 0.5) is 0 Å². The summed E-state index contributed by atoms with van der Waals surface area (Å²) in [6.07, 6.45) is 5.88. The molecule has 6 nitrogen and oxygen atoms in total. The Morgan fingerprint density at radius 2 is 1.67 bits per heavy atom. The lowest BCUT2D eigenvalue weighted by Gasteiger charge is -2.28. The summed E-state index contributed by atoms with van der Waals surface area (Å²) in [6.45, 7) is 0. The quantitative estimate of drug-likeness (QED) is 0.878. The molecule has 0 saturated heterocycles. The summed E-state index contributed by atoms with van der Waals surface area (Å²) >= 11 is 5.74. The van der Waals surface area contributed by atoms with Crippen molar-refractivity contribution in [3.05, 3.63) is 47.7 Å². The van der Waals surface area contributed by atoms with Crippen molar-refractivity contribution in [3.63, 3.8) is 0 Å². The van der Waals surface area contributed by atoms with Crippen molar-refractivity contribution in [2.24, 2.45) is 0 Å². The minimum absolute atomic E-state index is 0.0105. The number of nitrogens with one attached hydrogen (secondary N) is 1. The Bertz CT molecular complexity index is 761. The van der Waals surface area contributed by atoms with Crippen molar-refractivity contribution in [3.8, 4) is 6.01 Å². The SMILES string of the molecule is O=S(=O)(NC1CCC(Oc2ncc(Cl)cn2)CC1)c1ccccc1. The number of ether oxygens (including phenoxy) is 1. The summed E-state index contributed by atoms with van der Waals surface area (Å²) in [5.74, 6) is 0. The van der Waals surface area contributed by atoms with E-state index < -0.39 is 10.0 Å². The summed E-state index contributed by atoms with van der Waals surface area (Å²) in [7, 11) is -3.47. The molecule has 0 bridgehead atoms. The molecule has 3 rings (SSSR count). The number of benzene rings is 1. The van der Waals surface area contributed by atoms with Gasteiger partial charge in [0.15, 0.2) is 0 Å². The van der Waals surface area contributed by atoms with Crippen LogP contribution in [0.25, 0.3) is 0 Å². The molecule has 1 aromatic carbocycles. The lowest BCUT2D eigenvalue weighted by atomic mass is 9.94. The fourth-order valence-electron chi connectivity index (χ4n) is 2.70. The molecular weight excluding hydrogens is 350 g/mol. The molecule has 1 fully saturated rings. The van der Waals surface area contributed by atoms with Crippen LogP contribution in [0.2, 0.25) is 5.02 Å². The molecule has 1 aliphatic rings. The van der Waals surface area contributed by atoms with Gasteiger partial charge in [-0.15, -0.1) is 0 Å². The summed E-state index contributed by atoms with van der Waals surface area (Å²) in [4.78, 5) is 8.32. The summed E-state index contributed by atoms with van der Waals surface area (Å²) < 4.78 is 33.1. The molecule has 1 heterocycles. The zero-order chi connectivity index (χ0) is 17.0. The summed E-state index contributed by atoms with van der Waals surface area (Å²) in [6, 6.07) is 8.62. The first-order chi connectivity index (χ1) is 11.5. The van der Waals surface area contributed by atoms with E-state index >= 15 is 0 Å². The second-order valence-corrected chi connectivity index (χ2v) is 7.86. The van der Waals surface area contributed by atoms with E-state index in [0.29, 0.717) is 23.9 Å². The minimum atomic E-state index is -3.47. The average Bonchev–Trinajstić information content (AvgIpc) is 2.59. The van der Waals surface area contributed by atoms with Gasteiger partial charge < -0.3 is 4.74 Å². The highest BCUT2D eigenvalue weighted by Gasteiger charge is 2.26. The molecular formula is C16H18ClN3O3S. The zero-order valence-electron chi connectivity index (χ0n) is 12.9. The van der Waals surface area contributed by atoms with Crippen LogP contribution < -0.4 is 9.46 Å². The number of nitrogens with zero attached hydrogens (tertiary/aromatic N) is 2. The van der Waals surface area contributed by atoms with Gasteiger partial charge in [0.05, 0.1) is 22.3 Å². The Morgan fingerprint density at radius 3 is 2.29 bits per heavy atom. The van der Waals surface area contributed by atoms with Gasteiger partial charge in [0.2, 0.25) is 10.0 Å². The second kappa shape index (κ2) is 7.46. The zero-order valence-corrected chi connectivity index (χ0v) is 14.5. The Hall–Kier alpha value is -1.70. The van der Waals surface area contributed by atoms with Gasteiger partial charge in [-0.25, -0.2) is 23.1 Å². The van der Waals surface area contributed by atoms with Crippen molar-refractivity contribution in [2.45, 2.75) is 42.7 Å². The number of rotatable bonds is 5. The molecule has 0 aliphatic heterocycles. The van der Waals surface area contributed by atoms with Crippen molar-refractivity contribution < 1.29 is 13.2 Å². The fraction of sp³-hybridized carbons (Fsp3) is 0.375. The van der Waals surface area contributed by atoms with Gasteiger partial charge in [0.1, 0.15) is 6.10 Å². The van der Waals surface area contributed by atoms with Crippen molar-refractivity contribution in [2.75, 3.05) is 0 Å². The predicted molar refractivity (Wildman–Crippen MR) is 90.5 cm³/mol. The highest BCUT2D eigenvalue weighted by atomic mass is 35.5. The van der Waals surface area contributed by atoms with Gasteiger partial charge in [-0.05, 0) is 37.8 Å². The molecule has 8 heteroatoms. The van der Waals surface area contributed by atoms with E-state index in [2.05, 4.69) is 14.7 Å². The normalized spacial score (nSPS) is 21.4. The van der Waals surface area contributed by atoms with Gasteiger partial charge in [0, 0.05) is 6.04 Å². The molecule has 24 heavy (non-hydrogen) atoms. The van der Waals surface area contributed by atoms with Crippen LogP contribution in [0.15, 0.2) is 47.6 Å². The lowest BCUT2D eigenvalue weighted by Crippen LogP contribution is -2.39. The Kier molecular flexibility index (Phi) is 5.33. The first-order valence-electron chi connectivity index (χ1n) is 7.74. The lowest BCUT2D eigenvalue weighted by molar-refractivity contribution is 0.132. The van der Waals surface area contributed by atoms with Crippen LogP contribution in [-0.2, 0) is 10.0 Å². The van der Waals surface area contributed by atoms with E-state index in [0.717, 1.165) is 12.8 Å². The maximum absolute atomic E-state index is 12.3. The van der Waals surface area contributed by atoms with Crippen LogP contribution in [0, 0.1) is 0 Å². The molecule has 0 unspecified atom stereocenters. The van der Waals surface area contributed by atoms with Crippen LogP contribution >= 0.6 is 11.6 Å². The number of halogens is 1. The van der Waals surface area contributed by atoms with Gasteiger partial charge in [-0.3, -0.25) is 0 Å². The van der Waals surface area contributed by atoms with Gasteiger partial charge in [0.25, 0.3) is 0 Å². The molecule has 0 radical (unpaired) electrons. The molecule has 1 N–H and O–H groups in total.